The van der Waals surface area contributed by atoms with Crippen LogP contribution >= 0.6 is 0 Å². The summed E-state index contributed by atoms with van der Waals surface area (Å²) in [7, 11) is 0. The van der Waals surface area contributed by atoms with Crippen molar-refractivity contribution in [3.8, 4) is 5.75 Å². The number of anilines is 1. The van der Waals surface area contributed by atoms with Gasteiger partial charge < -0.3 is 10.1 Å². The number of fused-ring (bicyclic) bond motifs is 1. The van der Waals surface area contributed by atoms with Crippen LogP contribution in [-0.2, 0) is 16.1 Å². The Bertz CT molecular complexity index is 763. The van der Waals surface area contributed by atoms with Gasteiger partial charge in [-0.15, -0.1) is 0 Å². The monoisotopic (exact) mass is 325 g/mol. The number of benzene rings is 1. The number of hydrogen-bond donors (Lipinski definition) is 1. The zero-order chi connectivity index (χ0) is 17.2. The predicted octanol–water partition coefficient (Wildman–Crippen LogP) is 1.90. The van der Waals surface area contributed by atoms with Crippen molar-refractivity contribution in [2.75, 3.05) is 11.4 Å². The first kappa shape index (κ1) is 16.0. The number of carbonyl (C=O) groups excluding carboxylic acids is 2. The summed E-state index contributed by atoms with van der Waals surface area (Å²) >= 11 is 0. The van der Waals surface area contributed by atoms with Gasteiger partial charge in [-0.2, -0.15) is 0 Å². The van der Waals surface area contributed by atoms with E-state index >= 15 is 0 Å². The highest BCUT2D eigenvalue weighted by atomic mass is 16.5. The van der Waals surface area contributed by atoms with Gasteiger partial charge in [0.15, 0.2) is 11.6 Å². The second-order valence-corrected chi connectivity index (χ2v) is 5.68. The Kier molecular flexibility index (Phi) is 4.20. The molecule has 24 heavy (non-hydrogen) atoms. The van der Waals surface area contributed by atoms with Gasteiger partial charge in [0.2, 0.25) is 0 Å². The number of nitrogens with one attached hydrogen (secondary N) is 1. The van der Waals surface area contributed by atoms with E-state index in [1.165, 1.54) is 11.8 Å². The van der Waals surface area contributed by atoms with Crippen molar-refractivity contribution in [2.24, 2.45) is 0 Å². The molecular weight excluding hydrogens is 306 g/mol. The van der Waals surface area contributed by atoms with Crippen molar-refractivity contribution >= 4 is 17.6 Å². The maximum atomic E-state index is 12.8. The second kappa shape index (κ2) is 6.31. The SMILES string of the molecule is CCN1C(=O)C(C)(C(=O)NCc2ccccc2)Oc2cccnc21. The largest absolute Gasteiger partial charge is 0.464 e. The van der Waals surface area contributed by atoms with E-state index in [0.717, 1.165) is 5.56 Å². The van der Waals surface area contributed by atoms with Crippen molar-refractivity contribution in [3.63, 3.8) is 0 Å². The third-order valence-electron chi connectivity index (χ3n) is 4.02. The molecule has 2 amide bonds. The molecule has 1 unspecified atom stereocenters. The number of pyridine rings is 1. The lowest BCUT2D eigenvalue weighted by Gasteiger charge is -2.38. The molecule has 1 atom stereocenters. The normalized spacial score (nSPS) is 19.4. The standard InChI is InChI=1S/C18H19N3O3/c1-3-21-15-14(10-7-11-19-15)24-18(2,17(21)23)16(22)20-12-13-8-5-4-6-9-13/h4-11H,3,12H2,1-2H3,(H,20,22). The van der Waals surface area contributed by atoms with Crippen LogP contribution in [0.4, 0.5) is 5.82 Å². The molecule has 1 aliphatic heterocycles. The zero-order valence-corrected chi connectivity index (χ0v) is 13.7. The summed E-state index contributed by atoms with van der Waals surface area (Å²) in [5.41, 5.74) is -0.659. The maximum Gasteiger partial charge on any atom is 0.282 e. The fourth-order valence-corrected chi connectivity index (χ4v) is 2.67. The first-order chi connectivity index (χ1) is 11.6. The van der Waals surface area contributed by atoms with Crippen molar-refractivity contribution in [3.05, 3.63) is 54.2 Å². The van der Waals surface area contributed by atoms with Crippen LogP contribution < -0.4 is 15.0 Å². The first-order valence-corrected chi connectivity index (χ1v) is 7.84. The number of ether oxygens (including phenoxy) is 1. The number of nitrogens with zero attached hydrogens (tertiary/aromatic N) is 2. The van der Waals surface area contributed by atoms with Gasteiger partial charge in [0.25, 0.3) is 17.4 Å². The smallest absolute Gasteiger partial charge is 0.282 e. The Morgan fingerprint density at radius 2 is 2.00 bits per heavy atom. The van der Waals surface area contributed by atoms with Crippen LogP contribution in [0.3, 0.4) is 0 Å². The van der Waals surface area contributed by atoms with E-state index in [2.05, 4.69) is 10.3 Å². The molecule has 0 saturated carbocycles. The molecule has 6 nitrogen and oxygen atoms in total. The fourth-order valence-electron chi connectivity index (χ4n) is 2.67. The van der Waals surface area contributed by atoms with Crippen LogP contribution in [0.1, 0.15) is 19.4 Å². The van der Waals surface area contributed by atoms with E-state index in [4.69, 9.17) is 4.74 Å². The number of carbonyl (C=O) groups is 2. The van der Waals surface area contributed by atoms with E-state index in [-0.39, 0.29) is 0 Å². The summed E-state index contributed by atoms with van der Waals surface area (Å²) in [4.78, 5) is 31.1. The summed E-state index contributed by atoms with van der Waals surface area (Å²) in [5, 5.41) is 2.78. The van der Waals surface area contributed by atoms with Crippen molar-refractivity contribution < 1.29 is 14.3 Å². The number of aromatic nitrogens is 1. The van der Waals surface area contributed by atoms with Gasteiger partial charge in [-0.1, -0.05) is 30.3 Å². The molecule has 1 aliphatic rings. The lowest BCUT2D eigenvalue weighted by atomic mass is 10.0. The van der Waals surface area contributed by atoms with Crippen LogP contribution in [-0.4, -0.2) is 28.9 Å². The van der Waals surface area contributed by atoms with Crippen LogP contribution in [0.15, 0.2) is 48.7 Å². The summed E-state index contributed by atoms with van der Waals surface area (Å²) in [6.45, 7) is 4.07. The van der Waals surface area contributed by atoms with E-state index in [9.17, 15) is 9.59 Å². The fraction of sp³-hybridized carbons (Fsp3) is 0.278. The Morgan fingerprint density at radius 1 is 1.25 bits per heavy atom. The molecule has 3 rings (SSSR count). The minimum atomic E-state index is -1.61. The van der Waals surface area contributed by atoms with Gasteiger partial charge in [-0.25, -0.2) is 4.98 Å². The quantitative estimate of drug-likeness (QED) is 0.872. The Balaban J connectivity index is 1.83. The molecule has 0 spiro atoms. The lowest BCUT2D eigenvalue weighted by Crippen LogP contribution is -2.62. The molecule has 1 aromatic carbocycles. The minimum Gasteiger partial charge on any atom is -0.464 e. The summed E-state index contributed by atoms with van der Waals surface area (Å²) in [6.07, 6.45) is 1.59. The van der Waals surface area contributed by atoms with E-state index < -0.39 is 17.4 Å². The van der Waals surface area contributed by atoms with Crippen LogP contribution in [0.25, 0.3) is 0 Å². The third-order valence-corrected chi connectivity index (χ3v) is 4.02. The third kappa shape index (κ3) is 2.71. The summed E-state index contributed by atoms with van der Waals surface area (Å²) in [6, 6.07) is 12.9. The minimum absolute atomic E-state index is 0.331. The summed E-state index contributed by atoms with van der Waals surface area (Å²) in [5.74, 6) is -0.0132. The van der Waals surface area contributed by atoms with E-state index in [1.807, 2.05) is 37.3 Å². The number of rotatable bonds is 4. The topological polar surface area (TPSA) is 71.5 Å². The van der Waals surface area contributed by atoms with Gasteiger partial charge in [-0.3, -0.25) is 14.5 Å². The molecule has 2 heterocycles. The molecule has 1 aromatic heterocycles. The number of hydrogen-bond acceptors (Lipinski definition) is 4. The highest BCUT2D eigenvalue weighted by molar-refractivity contribution is 6.16. The van der Waals surface area contributed by atoms with E-state index in [1.54, 1.807) is 18.3 Å². The number of amides is 2. The Morgan fingerprint density at radius 3 is 2.71 bits per heavy atom. The summed E-state index contributed by atoms with van der Waals surface area (Å²) < 4.78 is 5.75. The average molecular weight is 325 g/mol. The Labute approximate surface area is 140 Å². The molecule has 1 N–H and O–H groups in total. The maximum absolute atomic E-state index is 12.8. The van der Waals surface area contributed by atoms with Gasteiger partial charge in [0.05, 0.1) is 0 Å². The molecule has 124 valence electrons. The van der Waals surface area contributed by atoms with Gasteiger partial charge >= 0.3 is 0 Å². The average Bonchev–Trinajstić information content (AvgIpc) is 2.61. The molecule has 0 fully saturated rings. The van der Waals surface area contributed by atoms with Crippen molar-refractivity contribution in [1.82, 2.24) is 10.3 Å². The molecule has 2 aromatic rings. The molecule has 0 bridgehead atoms. The second-order valence-electron chi connectivity index (χ2n) is 5.68. The highest BCUT2D eigenvalue weighted by Crippen LogP contribution is 2.35. The van der Waals surface area contributed by atoms with Crippen molar-refractivity contribution in [1.29, 1.82) is 0 Å². The van der Waals surface area contributed by atoms with Crippen LogP contribution in [0.5, 0.6) is 5.75 Å². The van der Waals surface area contributed by atoms with Crippen LogP contribution in [0.2, 0.25) is 0 Å². The first-order valence-electron chi connectivity index (χ1n) is 7.84. The lowest BCUT2D eigenvalue weighted by molar-refractivity contribution is -0.148. The van der Waals surface area contributed by atoms with Gasteiger partial charge in [0.1, 0.15) is 0 Å². The molecule has 0 saturated heterocycles. The Hall–Kier alpha value is -2.89. The van der Waals surface area contributed by atoms with Crippen LogP contribution in [0, 0.1) is 0 Å². The van der Waals surface area contributed by atoms with Gasteiger partial charge in [-0.05, 0) is 31.5 Å². The number of likely N-dealkylation sites (N-methyl/N-ethyl adjacent to an activating group) is 1. The van der Waals surface area contributed by atoms with E-state index in [0.29, 0.717) is 24.7 Å². The molecule has 0 aliphatic carbocycles. The molecule has 6 heteroatoms. The molecular formula is C18H19N3O3. The molecule has 0 radical (unpaired) electrons. The van der Waals surface area contributed by atoms with Crippen molar-refractivity contribution in [2.45, 2.75) is 26.0 Å². The predicted molar refractivity (Wildman–Crippen MR) is 89.6 cm³/mol. The highest BCUT2D eigenvalue weighted by Gasteiger charge is 2.50. The van der Waals surface area contributed by atoms with Gasteiger partial charge in [0, 0.05) is 19.3 Å². The zero-order valence-electron chi connectivity index (χ0n) is 13.7.